The summed E-state index contributed by atoms with van der Waals surface area (Å²) < 4.78 is 11.8. The van der Waals surface area contributed by atoms with Crippen molar-refractivity contribution in [3.63, 3.8) is 0 Å². The van der Waals surface area contributed by atoms with Crippen LogP contribution >= 0.6 is 15.9 Å². The van der Waals surface area contributed by atoms with Gasteiger partial charge >= 0.3 is 0 Å². The highest BCUT2D eigenvalue weighted by Gasteiger charge is 2.24. The summed E-state index contributed by atoms with van der Waals surface area (Å²) in [7, 11) is 1.58. The van der Waals surface area contributed by atoms with E-state index in [0.29, 0.717) is 30.2 Å². The van der Waals surface area contributed by atoms with Crippen LogP contribution in [0.15, 0.2) is 16.6 Å². The van der Waals surface area contributed by atoms with Gasteiger partial charge in [0.15, 0.2) is 11.5 Å². The van der Waals surface area contributed by atoms with Crippen molar-refractivity contribution < 1.29 is 14.3 Å². The molecule has 6 heteroatoms. The van der Waals surface area contributed by atoms with Crippen LogP contribution in [0.1, 0.15) is 36.5 Å². The number of carbonyl (C=O) groups is 1. The Bertz CT molecular complexity index is 536. The van der Waals surface area contributed by atoms with Crippen molar-refractivity contribution in [1.29, 1.82) is 0 Å². The normalized spacial score (nSPS) is 18.2. The average molecular weight is 371 g/mol. The van der Waals surface area contributed by atoms with Crippen LogP contribution in [0, 0.1) is 0 Å². The first-order valence-electron chi connectivity index (χ1n) is 7.62. The lowest BCUT2D eigenvalue weighted by Gasteiger charge is -2.31. The minimum Gasteiger partial charge on any atom is -0.493 e. The zero-order valence-electron chi connectivity index (χ0n) is 13.1. The summed E-state index contributed by atoms with van der Waals surface area (Å²) in [6.07, 6.45) is 2.82. The van der Waals surface area contributed by atoms with Gasteiger partial charge in [-0.15, -0.1) is 0 Å². The standard InChI is InChI=1S/C16H23BrN2O3/c1-3-7-22-15-13(17)8-11(9-14(15)21-2)16(20)19-6-4-5-12(18)10-19/h8-9,12H,3-7,10,18H2,1-2H3/t12-/m1/s1. The number of rotatable bonds is 5. The molecule has 1 aliphatic rings. The van der Waals surface area contributed by atoms with E-state index in [-0.39, 0.29) is 11.9 Å². The molecule has 0 bridgehead atoms. The predicted octanol–water partition coefficient (Wildman–Crippen LogP) is 2.81. The smallest absolute Gasteiger partial charge is 0.254 e. The average Bonchev–Trinajstić information content (AvgIpc) is 2.52. The molecule has 0 spiro atoms. The molecule has 2 rings (SSSR count). The van der Waals surface area contributed by atoms with Crippen molar-refractivity contribution in [3.05, 3.63) is 22.2 Å². The number of benzene rings is 1. The van der Waals surface area contributed by atoms with E-state index in [1.165, 1.54) is 0 Å². The molecular formula is C16H23BrN2O3. The number of halogens is 1. The van der Waals surface area contributed by atoms with Gasteiger partial charge in [-0.3, -0.25) is 4.79 Å². The van der Waals surface area contributed by atoms with Gasteiger partial charge in [0.2, 0.25) is 0 Å². The second-order valence-corrected chi connectivity index (χ2v) is 6.35. The molecule has 1 fully saturated rings. The quantitative estimate of drug-likeness (QED) is 0.865. The first-order valence-corrected chi connectivity index (χ1v) is 8.41. The fourth-order valence-corrected chi connectivity index (χ4v) is 3.12. The van der Waals surface area contributed by atoms with Crippen molar-refractivity contribution in [1.82, 2.24) is 4.90 Å². The number of hydrogen-bond donors (Lipinski definition) is 1. The molecule has 1 aromatic rings. The fraction of sp³-hybridized carbons (Fsp3) is 0.562. The van der Waals surface area contributed by atoms with Crippen molar-refractivity contribution in [2.45, 2.75) is 32.2 Å². The van der Waals surface area contributed by atoms with Gasteiger partial charge < -0.3 is 20.1 Å². The number of nitrogens with two attached hydrogens (primary N) is 1. The molecule has 1 atom stereocenters. The number of nitrogens with zero attached hydrogens (tertiary/aromatic N) is 1. The Hall–Kier alpha value is -1.27. The molecule has 1 saturated heterocycles. The maximum absolute atomic E-state index is 12.6. The van der Waals surface area contributed by atoms with Gasteiger partial charge in [0, 0.05) is 24.7 Å². The number of piperidine rings is 1. The van der Waals surface area contributed by atoms with Crippen LogP contribution in [0.4, 0.5) is 0 Å². The molecule has 0 radical (unpaired) electrons. The third-order valence-electron chi connectivity index (χ3n) is 3.67. The Balaban J connectivity index is 2.24. The van der Waals surface area contributed by atoms with Crippen molar-refractivity contribution in [2.24, 2.45) is 5.73 Å². The van der Waals surface area contributed by atoms with E-state index in [1.54, 1.807) is 19.2 Å². The molecule has 1 aliphatic heterocycles. The summed E-state index contributed by atoms with van der Waals surface area (Å²) in [6.45, 7) is 3.99. The van der Waals surface area contributed by atoms with E-state index in [4.69, 9.17) is 15.2 Å². The van der Waals surface area contributed by atoms with Gasteiger partial charge in [0.25, 0.3) is 5.91 Å². The van der Waals surface area contributed by atoms with E-state index in [1.807, 2.05) is 11.8 Å². The third-order valence-corrected chi connectivity index (χ3v) is 4.26. The lowest BCUT2D eigenvalue weighted by atomic mass is 10.1. The summed E-state index contributed by atoms with van der Waals surface area (Å²) in [5.41, 5.74) is 6.54. The third kappa shape index (κ3) is 3.93. The maximum atomic E-state index is 12.6. The second kappa shape index (κ2) is 7.83. The number of likely N-dealkylation sites (tertiary alicyclic amines) is 1. The zero-order valence-corrected chi connectivity index (χ0v) is 14.7. The molecule has 2 N–H and O–H groups in total. The summed E-state index contributed by atoms with van der Waals surface area (Å²) in [6, 6.07) is 3.59. The summed E-state index contributed by atoms with van der Waals surface area (Å²) in [5, 5.41) is 0. The van der Waals surface area contributed by atoms with E-state index in [9.17, 15) is 4.79 Å². The monoisotopic (exact) mass is 370 g/mol. The molecule has 0 aromatic heterocycles. The first kappa shape index (κ1) is 17.1. The van der Waals surface area contributed by atoms with Crippen LogP contribution in [0.2, 0.25) is 0 Å². The Labute approximate surface area is 139 Å². The minimum absolute atomic E-state index is 0.0174. The Kier molecular flexibility index (Phi) is 6.08. The first-order chi connectivity index (χ1) is 10.6. The molecule has 1 aromatic carbocycles. The minimum atomic E-state index is -0.0174. The van der Waals surface area contributed by atoms with Gasteiger partial charge in [-0.2, -0.15) is 0 Å². The topological polar surface area (TPSA) is 64.8 Å². The largest absolute Gasteiger partial charge is 0.493 e. The predicted molar refractivity (Wildman–Crippen MR) is 89.6 cm³/mol. The molecule has 22 heavy (non-hydrogen) atoms. The number of ether oxygens (including phenoxy) is 2. The van der Waals surface area contributed by atoms with Gasteiger partial charge in [-0.05, 0) is 47.3 Å². The SMILES string of the molecule is CCCOc1c(Br)cc(C(=O)N2CCC[C@@H](N)C2)cc1OC. The molecule has 0 aliphatic carbocycles. The summed E-state index contributed by atoms with van der Waals surface area (Å²) >= 11 is 3.47. The van der Waals surface area contributed by atoms with Crippen molar-refractivity contribution in [3.8, 4) is 11.5 Å². The second-order valence-electron chi connectivity index (χ2n) is 5.49. The maximum Gasteiger partial charge on any atom is 0.254 e. The Morgan fingerprint density at radius 3 is 2.91 bits per heavy atom. The summed E-state index contributed by atoms with van der Waals surface area (Å²) in [4.78, 5) is 14.5. The lowest BCUT2D eigenvalue weighted by Crippen LogP contribution is -2.45. The molecule has 0 saturated carbocycles. The van der Waals surface area contributed by atoms with Crippen LogP contribution in [0.5, 0.6) is 11.5 Å². The van der Waals surface area contributed by atoms with E-state index < -0.39 is 0 Å². The number of hydrogen-bond acceptors (Lipinski definition) is 4. The molecule has 1 heterocycles. The molecular weight excluding hydrogens is 348 g/mol. The van der Waals surface area contributed by atoms with E-state index in [0.717, 1.165) is 30.3 Å². The highest BCUT2D eigenvalue weighted by Crippen LogP contribution is 2.37. The highest BCUT2D eigenvalue weighted by molar-refractivity contribution is 9.10. The van der Waals surface area contributed by atoms with Crippen LogP contribution in [-0.4, -0.2) is 43.7 Å². The van der Waals surface area contributed by atoms with Gasteiger partial charge in [0.1, 0.15) is 0 Å². The van der Waals surface area contributed by atoms with Gasteiger partial charge in [-0.25, -0.2) is 0 Å². The lowest BCUT2D eigenvalue weighted by molar-refractivity contribution is 0.0708. The van der Waals surface area contributed by atoms with Crippen LogP contribution in [-0.2, 0) is 0 Å². The summed E-state index contributed by atoms with van der Waals surface area (Å²) in [5.74, 6) is 1.18. The number of amides is 1. The molecule has 1 amide bonds. The highest BCUT2D eigenvalue weighted by atomic mass is 79.9. The fourth-order valence-electron chi connectivity index (χ4n) is 2.56. The Morgan fingerprint density at radius 1 is 1.50 bits per heavy atom. The van der Waals surface area contributed by atoms with E-state index >= 15 is 0 Å². The number of methoxy groups -OCH3 is 1. The van der Waals surface area contributed by atoms with Crippen molar-refractivity contribution >= 4 is 21.8 Å². The molecule has 5 nitrogen and oxygen atoms in total. The van der Waals surface area contributed by atoms with Gasteiger partial charge in [-0.1, -0.05) is 6.92 Å². The zero-order chi connectivity index (χ0) is 16.1. The van der Waals surface area contributed by atoms with Crippen LogP contribution < -0.4 is 15.2 Å². The number of carbonyl (C=O) groups excluding carboxylic acids is 1. The van der Waals surface area contributed by atoms with Crippen LogP contribution in [0.25, 0.3) is 0 Å². The molecule has 0 unspecified atom stereocenters. The Morgan fingerprint density at radius 2 is 2.27 bits per heavy atom. The van der Waals surface area contributed by atoms with Crippen molar-refractivity contribution in [2.75, 3.05) is 26.8 Å². The van der Waals surface area contributed by atoms with E-state index in [2.05, 4.69) is 15.9 Å². The molecule has 122 valence electrons. The van der Waals surface area contributed by atoms with Gasteiger partial charge in [0.05, 0.1) is 18.2 Å². The van der Waals surface area contributed by atoms with Crippen LogP contribution in [0.3, 0.4) is 0 Å².